The second kappa shape index (κ2) is 10.0. The SMILES string of the molecule is Cc1cc2cnc(-c3cn[nH]c3)cc2[nH]1.O=CN1CCCC1.c1ccncc1. The van der Waals surface area contributed by atoms with Crippen molar-refractivity contribution in [3.05, 3.63) is 67.0 Å². The molecule has 5 heterocycles. The van der Waals surface area contributed by atoms with Crippen LogP contribution >= 0.6 is 0 Å². The van der Waals surface area contributed by atoms with Crippen molar-refractivity contribution in [1.82, 2.24) is 30.0 Å². The molecule has 2 N–H and O–H groups in total. The average molecular weight is 376 g/mol. The van der Waals surface area contributed by atoms with Crippen molar-refractivity contribution in [2.45, 2.75) is 19.8 Å². The van der Waals surface area contributed by atoms with E-state index in [0.29, 0.717) is 0 Å². The zero-order valence-electron chi connectivity index (χ0n) is 15.9. The van der Waals surface area contributed by atoms with Gasteiger partial charge in [0.05, 0.1) is 11.9 Å². The van der Waals surface area contributed by atoms with Crippen LogP contribution in [0.15, 0.2) is 61.3 Å². The Labute approximate surface area is 163 Å². The Morgan fingerprint density at radius 2 is 1.86 bits per heavy atom. The minimum absolute atomic E-state index is 0.924. The number of likely N-dealkylation sites (tertiary alicyclic amines) is 1. The molecule has 144 valence electrons. The Bertz CT molecular complexity index is 932. The summed E-state index contributed by atoms with van der Waals surface area (Å²) < 4.78 is 0. The molecule has 7 nitrogen and oxygen atoms in total. The molecule has 0 aromatic carbocycles. The molecule has 5 rings (SSSR count). The molecule has 0 aliphatic carbocycles. The highest BCUT2D eigenvalue weighted by Crippen LogP contribution is 2.20. The quantitative estimate of drug-likeness (QED) is 0.523. The van der Waals surface area contributed by atoms with E-state index in [1.807, 2.05) is 43.6 Å². The number of fused-ring (bicyclic) bond motifs is 1. The van der Waals surface area contributed by atoms with Crippen molar-refractivity contribution in [3.8, 4) is 11.3 Å². The highest BCUT2D eigenvalue weighted by Gasteiger charge is 2.06. The standard InChI is InChI=1S/C11H10N4.C5H9NO.C5H5N/c1-7-2-8-4-12-10(3-11(8)15-7)9-5-13-14-6-9;7-5-6-3-1-2-4-6;1-2-4-6-5-3-1/h2-6,15H,1H3,(H,13,14);5H,1-4H2;1-5H. The molecule has 0 radical (unpaired) electrons. The summed E-state index contributed by atoms with van der Waals surface area (Å²) in [5.41, 5.74) is 4.19. The zero-order valence-corrected chi connectivity index (χ0v) is 15.9. The molecule has 0 spiro atoms. The number of rotatable bonds is 2. The number of nitrogens with one attached hydrogen (secondary N) is 2. The van der Waals surface area contributed by atoms with Gasteiger partial charge in [-0.1, -0.05) is 6.07 Å². The van der Waals surface area contributed by atoms with Crippen molar-refractivity contribution in [2.24, 2.45) is 0 Å². The summed E-state index contributed by atoms with van der Waals surface area (Å²) >= 11 is 0. The number of hydrogen-bond acceptors (Lipinski definition) is 4. The van der Waals surface area contributed by atoms with Crippen LogP contribution in [0.2, 0.25) is 0 Å². The fraction of sp³-hybridized carbons (Fsp3) is 0.238. The van der Waals surface area contributed by atoms with Crippen LogP contribution in [-0.4, -0.2) is 49.5 Å². The van der Waals surface area contributed by atoms with Crippen LogP contribution in [0.5, 0.6) is 0 Å². The van der Waals surface area contributed by atoms with Crippen LogP contribution < -0.4 is 0 Å². The summed E-state index contributed by atoms with van der Waals surface area (Å²) in [5.74, 6) is 0. The van der Waals surface area contributed by atoms with Crippen molar-refractivity contribution in [1.29, 1.82) is 0 Å². The Morgan fingerprint density at radius 1 is 1.07 bits per heavy atom. The number of aromatic nitrogens is 5. The average Bonchev–Trinajstić information content (AvgIpc) is 3.50. The van der Waals surface area contributed by atoms with Gasteiger partial charge in [-0.05, 0) is 44.0 Å². The number of amides is 1. The van der Waals surface area contributed by atoms with Crippen molar-refractivity contribution in [3.63, 3.8) is 0 Å². The predicted molar refractivity (Wildman–Crippen MR) is 110 cm³/mol. The topological polar surface area (TPSA) is 90.6 Å². The van der Waals surface area contributed by atoms with Gasteiger partial charge in [-0.25, -0.2) is 0 Å². The van der Waals surface area contributed by atoms with Crippen molar-refractivity contribution in [2.75, 3.05) is 13.1 Å². The largest absolute Gasteiger partial charge is 0.359 e. The van der Waals surface area contributed by atoms with E-state index in [9.17, 15) is 4.79 Å². The number of H-pyrrole nitrogens is 2. The fourth-order valence-electron chi connectivity index (χ4n) is 2.88. The molecule has 7 heteroatoms. The summed E-state index contributed by atoms with van der Waals surface area (Å²) in [7, 11) is 0. The van der Waals surface area contributed by atoms with Gasteiger partial charge in [0, 0.05) is 60.0 Å². The molecule has 1 aliphatic rings. The van der Waals surface area contributed by atoms with Gasteiger partial charge in [-0.3, -0.25) is 19.9 Å². The second-order valence-electron chi connectivity index (χ2n) is 6.47. The third-order valence-electron chi connectivity index (χ3n) is 4.29. The van der Waals surface area contributed by atoms with Crippen molar-refractivity contribution >= 4 is 17.3 Å². The van der Waals surface area contributed by atoms with Crippen LogP contribution in [0.25, 0.3) is 22.2 Å². The van der Waals surface area contributed by atoms with E-state index in [0.717, 1.165) is 47.4 Å². The molecular formula is C21H24N6O. The highest BCUT2D eigenvalue weighted by molar-refractivity contribution is 5.83. The number of carbonyl (C=O) groups is 1. The van der Waals surface area contributed by atoms with Crippen LogP contribution in [-0.2, 0) is 4.79 Å². The maximum Gasteiger partial charge on any atom is 0.209 e. The monoisotopic (exact) mass is 376 g/mol. The molecule has 4 aromatic rings. The summed E-state index contributed by atoms with van der Waals surface area (Å²) in [6, 6.07) is 9.83. The van der Waals surface area contributed by atoms with Gasteiger partial charge in [0.15, 0.2) is 0 Å². The first kappa shape index (κ1) is 19.3. The summed E-state index contributed by atoms with van der Waals surface area (Å²) in [6.07, 6.45) is 12.3. The summed E-state index contributed by atoms with van der Waals surface area (Å²) in [5, 5.41) is 7.83. The van der Waals surface area contributed by atoms with Crippen LogP contribution in [0, 0.1) is 6.92 Å². The lowest BCUT2D eigenvalue weighted by Crippen LogP contribution is -2.15. The third kappa shape index (κ3) is 5.51. The van der Waals surface area contributed by atoms with E-state index in [-0.39, 0.29) is 0 Å². The number of carbonyl (C=O) groups excluding carboxylic acids is 1. The number of aryl methyl sites for hydroxylation is 1. The molecule has 1 amide bonds. The molecule has 1 fully saturated rings. The van der Waals surface area contributed by atoms with Gasteiger partial charge in [0.1, 0.15) is 0 Å². The van der Waals surface area contributed by atoms with E-state index in [2.05, 4.69) is 31.2 Å². The van der Waals surface area contributed by atoms with Gasteiger partial charge < -0.3 is 9.88 Å². The second-order valence-corrected chi connectivity index (χ2v) is 6.47. The zero-order chi connectivity index (χ0) is 19.6. The Balaban J connectivity index is 0.000000144. The van der Waals surface area contributed by atoms with Crippen LogP contribution in [0.4, 0.5) is 0 Å². The number of nitrogens with zero attached hydrogens (tertiary/aromatic N) is 4. The maximum atomic E-state index is 9.93. The highest BCUT2D eigenvalue weighted by atomic mass is 16.1. The Hall–Kier alpha value is -3.48. The van der Waals surface area contributed by atoms with E-state index in [1.165, 1.54) is 12.8 Å². The van der Waals surface area contributed by atoms with E-state index in [4.69, 9.17) is 0 Å². The van der Waals surface area contributed by atoms with Gasteiger partial charge in [-0.2, -0.15) is 5.10 Å². The predicted octanol–water partition coefficient (Wildman–Crippen LogP) is 3.58. The Morgan fingerprint density at radius 3 is 2.39 bits per heavy atom. The third-order valence-corrected chi connectivity index (χ3v) is 4.29. The molecular weight excluding hydrogens is 352 g/mol. The van der Waals surface area contributed by atoms with Crippen LogP contribution in [0.1, 0.15) is 18.5 Å². The number of pyridine rings is 2. The van der Waals surface area contributed by atoms with E-state index >= 15 is 0 Å². The summed E-state index contributed by atoms with van der Waals surface area (Å²) in [4.78, 5) is 23.2. The molecule has 0 atom stereocenters. The first-order valence-corrected chi connectivity index (χ1v) is 9.25. The lowest BCUT2D eigenvalue weighted by atomic mass is 10.2. The molecule has 1 aliphatic heterocycles. The lowest BCUT2D eigenvalue weighted by molar-refractivity contribution is -0.117. The fourth-order valence-corrected chi connectivity index (χ4v) is 2.88. The molecule has 0 bridgehead atoms. The number of aromatic amines is 2. The molecule has 0 unspecified atom stereocenters. The lowest BCUT2D eigenvalue weighted by Gasteiger charge is -2.03. The maximum absolute atomic E-state index is 9.93. The van der Waals surface area contributed by atoms with Gasteiger partial charge in [-0.15, -0.1) is 0 Å². The first-order chi connectivity index (χ1) is 13.8. The Kier molecular flexibility index (Phi) is 6.89. The molecule has 0 saturated carbocycles. The van der Waals surface area contributed by atoms with E-state index < -0.39 is 0 Å². The molecule has 28 heavy (non-hydrogen) atoms. The van der Waals surface area contributed by atoms with Gasteiger partial charge in [0.25, 0.3) is 0 Å². The molecule has 4 aromatic heterocycles. The normalized spacial score (nSPS) is 12.7. The molecule has 1 saturated heterocycles. The van der Waals surface area contributed by atoms with E-state index in [1.54, 1.807) is 23.5 Å². The minimum atomic E-state index is 0.924. The first-order valence-electron chi connectivity index (χ1n) is 9.25. The van der Waals surface area contributed by atoms with Gasteiger partial charge >= 0.3 is 0 Å². The van der Waals surface area contributed by atoms with Gasteiger partial charge in [0.2, 0.25) is 6.41 Å². The minimum Gasteiger partial charge on any atom is -0.359 e. The van der Waals surface area contributed by atoms with Crippen molar-refractivity contribution < 1.29 is 4.79 Å². The number of hydrogen-bond donors (Lipinski definition) is 2. The smallest absolute Gasteiger partial charge is 0.209 e. The van der Waals surface area contributed by atoms with Crippen LogP contribution in [0.3, 0.4) is 0 Å². The summed E-state index contributed by atoms with van der Waals surface area (Å²) in [6.45, 7) is 3.99.